The molecule has 0 aromatic heterocycles. The SMILES string of the molecule is [N-]=[N+]=NCC#Cc1ccc(N)cc1. The number of azide groups is 1. The standard InChI is InChI=1S/C9H8N4/c10-9-5-3-8(4-6-9)2-1-7-12-13-11/h3-6H,7,10H2. The van der Waals surface area contributed by atoms with Gasteiger partial charge in [-0.2, -0.15) is 0 Å². The highest BCUT2D eigenvalue weighted by atomic mass is 15.1. The molecule has 0 heterocycles. The summed E-state index contributed by atoms with van der Waals surface area (Å²) in [5, 5.41) is 3.29. The fourth-order valence-electron chi connectivity index (χ4n) is 0.775. The zero-order valence-electron chi connectivity index (χ0n) is 6.94. The second kappa shape index (κ2) is 4.70. The Balaban J connectivity index is 2.66. The largest absolute Gasteiger partial charge is 0.399 e. The number of anilines is 1. The van der Waals surface area contributed by atoms with E-state index in [4.69, 9.17) is 11.3 Å². The molecule has 0 amide bonds. The predicted molar refractivity (Wildman–Crippen MR) is 51.7 cm³/mol. The number of benzene rings is 1. The molecule has 0 aliphatic carbocycles. The van der Waals surface area contributed by atoms with Crippen LogP contribution in [0.15, 0.2) is 29.4 Å². The van der Waals surface area contributed by atoms with E-state index in [0.29, 0.717) is 5.69 Å². The van der Waals surface area contributed by atoms with Crippen LogP contribution in [-0.4, -0.2) is 6.54 Å². The summed E-state index contributed by atoms with van der Waals surface area (Å²) < 4.78 is 0. The Labute approximate surface area is 76.0 Å². The van der Waals surface area contributed by atoms with Crippen LogP contribution in [0.1, 0.15) is 5.56 Å². The van der Waals surface area contributed by atoms with Crippen molar-refractivity contribution in [2.45, 2.75) is 0 Å². The number of rotatable bonds is 1. The van der Waals surface area contributed by atoms with Gasteiger partial charge in [-0.05, 0) is 29.8 Å². The van der Waals surface area contributed by atoms with Crippen LogP contribution >= 0.6 is 0 Å². The molecule has 0 radical (unpaired) electrons. The molecule has 4 nitrogen and oxygen atoms in total. The molecule has 0 spiro atoms. The van der Waals surface area contributed by atoms with Gasteiger partial charge in [0.15, 0.2) is 0 Å². The summed E-state index contributed by atoms with van der Waals surface area (Å²) in [4.78, 5) is 2.58. The molecule has 0 atom stereocenters. The van der Waals surface area contributed by atoms with Gasteiger partial charge in [0.2, 0.25) is 0 Å². The Kier molecular flexibility index (Phi) is 3.25. The van der Waals surface area contributed by atoms with Gasteiger partial charge in [0.05, 0.1) is 6.54 Å². The minimum absolute atomic E-state index is 0.195. The van der Waals surface area contributed by atoms with Crippen molar-refractivity contribution in [3.05, 3.63) is 40.3 Å². The molecule has 0 aliphatic heterocycles. The first-order valence-corrected chi connectivity index (χ1v) is 3.68. The van der Waals surface area contributed by atoms with Crippen LogP contribution < -0.4 is 5.73 Å². The number of nitrogens with two attached hydrogens (primary N) is 1. The van der Waals surface area contributed by atoms with Gasteiger partial charge in [0, 0.05) is 16.2 Å². The van der Waals surface area contributed by atoms with Crippen LogP contribution in [-0.2, 0) is 0 Å². The molecule has 0 fully saturated rings. The lowest BCUT2D eigenvalue weighted by Crippen LogP contribution is -1.83. The van der Waals surface area contributed by atoms with Crippen LogP contribution in [0.2, 0.25) is 0 Å². The molecule has 0 unspecified atom stereocenters. The second-order valence-corrected chi connectivity index (χ2v) is 2.31. The third-order valence-electron chi connectivity index (χ3n) is 1.36. The fourth-order valence-corrected chi connectivity index (χ4v) is 0.775. The van der Waals surface area contributed by atoms with Gasteiger partial charge in [-0.3, -0.25) is 0 Å². The normalized spacial score (nSPS) is 8.00. The Hall–Kier alpha value is -2.11. The van der Waals surface area contributed by atoms with Crippen molar-refractivity contribution in [2.75, 3.05) is 12.3 Å². The number of nitrogen functional groups attached to an aromatic ring is 1. The van der Waals surface area contributed by atoms with Crippen molar-refractivity contribution in [3.63, 3.8) is 0 Å². The van der Waals surface area contributed by atoms with E-state index in [9.17, 15) is 0 Å². The third-order valence-corrected chi connectivity index (χ3v) is 1.36. The Morgan fingerprint density at radius 2 is 2.08 bits per heavy atom. The zero-order valence-corrected chi connectivity index (χ0v) is 6.94. The first-order valence-electron chi connectivity index (χ1n) is 3.68. The van der Waals surface area contributed by atoms with Crippen LogP contribution in [0.25, 0.3) is 10.4 Å². The molecule has 1 rings (SSSR count). The van der Waals surface area contributed by atoms with E-state index in [1.54, 1.807) is 12.1 Å². The molecule has 1 aromatic carbocycles. The lowest BCUT2D eigenvalue weighted by molar-refractivity contribution is 1.25. The highest BCUT2D eigenvalue weighted by molar-refractivity contribution is 5.44. The van der Waals surface area contributed by atoms with E-state index in [2.05, 4.69) is 21.9 Å². The van der Waals surface area contributed by atoms with E-state index < -0.39 is 0 Å². The van der Waals surface area contributed by atoms with Crippen molar-refractivity contribution >= 4 is 5.69 Å². The smallest absolute Gasteiger partial charge is 0.0880 e. The van der Waals surface area contributed by atoms with E-state index in [-0.39, 0.29) is 6.54 Å². The Morgan fingerprint density at radius 3 is 2.69 bits per heavy atom. The van der Waals surface area contributed by atoms with Crippen molar-refractivity contribution in [3.8, 4) is 11.8 Å². The van der Waals surface area contributed by atoms with Gasteiger partial charge in [-0.25, -0.2) is 0 Å². The molecule has 0 saturated heterocycles. The van der Waals surface area contributed by atoms with E-state index in [1.165, 1.54) is 0 Å². The summed E-state index contributed by atoms with van der Waals surface area (Å²) in [6.45, 7) is 0.195. The van der Waals surface area contributed by atoms with Crippen LogP contribution in [0.5, 0.6) is 0 Å². The lowest BCUT2D eigenvalue weighted by Gasteiger charge is -1.90. The molecule has 13 heavy (non-hydrogen) atoms. The maximum Gasteiger partial charge on any atom is 0.0880 e. The zero-order chi connectivity index (χ0) is 9.52. The summed E-state index contributed by atoms with van der Waals surface area (Å²) in [6, 6.07) is 7.19. The van der Waals surface area contributed by atoms with Crippen LogP contribution in [0, 0.1) is 11.8 Å². The third kappa shape index (κ3) is 3.19. The van der Waals surface area contributed by atoms with Gasteiger partial charge in [0.25, 0.3) is 0 Å². The average molecular weight is 172 g/mol. The Morgan fingerprint density at radius 1 is 1.38 bits per heavy atom. The minimum Gasteiger partial charge on any atom is -0.399 e. The quantitative estimate of drug-likeness (QED) is 0.227. The molecule has 1 aromatic rings. The van der Waals surface area contributed by atoms with E-state index in [0.717, 1.165) is 5.56 Å². The second-order valence-electron chi connectivity index (χ2n) is 2.31. The van der Waals surface area contributed by atoms with Crippen molar-refractivity contribution < 1.29 is 0 Å². The van der Waals surface area contributed by atoms with Gasteiger partial charge < -0.3 is 5.73 Å². The first-order chi connectivity index (χ1) is 6.33. The maximum atomic E-state index is 7.97. The molecular formula is C9H8N4. The molecule has 2 N–H and O–H groups in total. The van der Waals surface area contributed by atoms with E-state index >= 15 is 0 Å². The topological polar surface area (TPSA) is 74.8 Å². The summed E-state index contributed by atoms with van der Waals surface area (Å²) in [6.07, 6.45) is 0. The number of nitrogens with zero attached hydrogens (tertiary/aromatic N) is 3. The first kappa shape index (κ1) is 8.98. The summed E-state index contributed by atoms with van der Waals surface area (Å²) >= 11 is 0. The average Bonchev–Trinajstić information content (AvgIpc) is 2.15. The predicted octanol–water partition coefficient (Wildman–Crippen LogP) is 1.93. The van der Waals surface area contributed by atoms with Gasteiger partial charge in [0.1, 0.15) is 0 Å². The fraction of sp³-hybridized carbons (Fsp3) is 0.111. The van der Waals surface area contributed by atoms with Gasteiger partial charge >= 0.3 is 0 Å². The lowest BCUT2D eigenvalue weighted by atomic mass is 10.2. The highest BCUT2D eigenvalue weighted by Gasteiger charge is 1.84. The number of hydrogen-bond acceptors (Lipinski definition) is 2. The van der Waals surface area contributed by atoms with Crippen molar-refractivity contribution in [1.82, 2.24) is 0 Å². The molecule has 0 bridgehead atoms. The van der Waals surface area contributed by atoms with Crippen molar-refractivity contribution in [2.24, 2.45) is 5.11 Å². The van der Waals surface area contributed by atoms with E-state index in [1.807, 2.05) is 12.1 Å². The van der Waals surface area contributed by atoms with Crippen molar-refractivity contribution in [1.29, 1.82) is 0 Å². The molecule has 4 heteroatoms. The van der Waals surface area contributed by atoms with Crippen LogP contribution in [0.4, 0.5) is 5.69 Å². The number of hydrogen-bond donors (Lipinski definition) is 1. The maximum absolute atomic E-state index is 7.97. The minimum atomic E-state index is 0.195. The molecular weight excluding hydrogens is 164 g/mol. The molecule has 0 aliphatic rings. The van der Waals surface area contributed by atoms with Crippen LogP contribution in [0.3, 0.4) is 0 Å². The molecule has 0 saturated carbocycles. The highest BCUT2D eigenvalue weighted by Crippen LogP contribution is 2.03. The van der Waals surface area contributed by atoms with Gasteiger partial charge in [-0.1, -0.05) is 17.0 Å². The monoisotopic (exact) mass is 172 g/mol. The Bertz CT molecular complexity index is 376. The summed E-state index contributed by atoms with van der Waals surface area (Å²) in [7, 11) is 0. The summed E-state index contributed by atoms with van der Waals surface area (Å²) in [5.41, 5.74) is 15.0. The summed E-state index contributed by atoms with van der Waals surface area (Å²) in [5.74, 6) is 5.55. The molecule has 64 valence electrons. The van der Waals surface area contributed by atoms with Gasteiger partial charge in [-0.15, -0.1) is 0 Å².